The second-order valence-electron chi connectivity index (χ2n) is 6.75. The van der Waals surface area contributed by atoms with E-state index in [1.54, 1.807) is 4.90 Å². The molecule has 1 atom stereocenters. The maximum Gasteiger partial charge on any atom is 0.325 e. The number of hydrogen-bond acceptors (Lipinski definition) is 4. The first-order valence-electron chi connectivity index (χ1n) is 9.44. The van der Waals surface area contributed by atoms with Crippen molar-refractivity contribution in [2.24, 2.45) is 5.92 Å². The quantitative estimate of drug-likeness (QED) is 0.749. The second kappa shape index (κ2) is 9.17. The third kappa shape index (κ3) is 4.76. The molecule has 1 unspecified atom stereocenters. The number of amides is 2. The van der Waals surface area contributed by atoms with E-state index < -0.39 is 11.9 Å². The SMILES string of the molecule is CCc1ccccc1N1CC(C(=O)NCC(=O)OCc2ccccc2)CC1=O. The van der Waals surface area contributed by atoms with Gasteiger partial charge >= 0.3 is 5.97 Å². The van der Waals surface area contributed by atoms with E-state index in [2.05, 4.69) is 5.32 Å². The monoisotopic (exact) mass is 380 g/mol. The number of nitrogens with zero attached hydrogens (tertiary/aromatic N) is 1. The zero-order valence-corrected chi connectivity index (χ0v) is 15.9. The second-order valence-corrected chi connectivity index (χ2v) is 6.75. The van der Waals surface area contributed by atoms with Gasteiger partial charge in [0.1, 0.15) is 13.2 Å². The number of carbonyl (C=O) groups excluding carboxylic acids is 3. The number of ether oxygens (including phenoxy) is 1. The Morgan fingerprint density at radius 1 is 1.11 bits per heavy atom. The maximum atomic E-state index is 12.4. The van der Waals surface area contributed by atoms with Crippen LogP contribution in [0.15, 0.2) is 54.6 Å². The number of esters is 1. The summed E-state index contributed by atoms with van der Waals surface area (Å²) in [7, 11) is 0. The first-order chi connectivity index (χ1) is 13.6. The molecule has 1 N–H and O–H groups in total. The van der Waals surface area contributed by atoms with Crippen LogP contribution < -0.4 is 10.2 Å². The van der Waals surface area contributed by atoms with Crippen molar-refractivity contribution in [3.05, 3.63) is 65.7 Å². The lowest BCUT2D eigenvalue weighted by Crippen LogP contribution is -2.36. The number of carbonyl (C=O) groups is 3. The van der Waals surface area contributed by atoms with Crippen LogP contribution in [0.4, 0.5) is 5.69 Å². The average molecular weight is 380 g/mol. The fourth-order valence-corrected chi connectivity index (χ4v) is 3.28. The highest BCUT2D eigenvalue weighted by atomic mass is 16.5. The summed E-state index contributed by atoms with van der Waals surface area (Å²) in [5, 5.41) is 2.59. The molecule has 0 bridgehead atoms. The summed E-state index contributed by atoms with van der Waals surface area (Å²) in [5.74, 6) is -1.36. The van der Waals surface area contributed by atoms with E-state index in [0.717, 1.165) is 23.2 Å². The highest BCUT2D eigenvalue weighted by Gasteiger charge is 2.35. The normalized spacial score (nSPS) is 16.1. The van der Waals surface area contributed by atoms with Crippen LogP contribution in [0.5, 0.6) is 0 Å². The van der Waals surface area contributed by atoms with Gasteiger partial charge in [0.25, 0.3) is 0 Å². The highest BCUT2D eigenvalue weighted by Crippen LogP contribution is 2.28. The Labute approximate surface area is 164 Å². The molecule has 0 aromatic heterocycles. The molecule has 1 aliphatic heterocycles. The lowest BCUT2D eigenvalue weighted by molar-refractivity contribution is -0.145. The molecule has 1 heterocycles. The van der Waals surface area contributed by atoms with Crippen LogP contribution in [-0.4, -0.2) is 30.9 Å². The summed E-state index contributed by atoms with van der Waals surface area (Å²) < 4.78 is 5.15. The molecule has 1 aliphatic rings. The number of anilines is 1. The van der Waals surface area contributed by atoms with Gasteiger partial charge in [0.15, 0.2) is 0 Å². The summed E-state index contributed by atoms with van der Waals surface area (Å²) in [6.07, 6.45) is 0.951. The average Bonchev–Trinajstić information content (AvgIpc) is 3.12. The molecule has 28 heavy (non-hydrogen) atoms. The predicted molar refractivity (Wildman–Crippen MR) is 106 cm³/mol. The van der Waals surface area contributed by atoms with Crippen molar-refractivity contribution in [3.63, 3.8) is 0 Å². The molecule has 6 heteroatoms. The van der Waals surface area contributed by atoms with E-state index >= 15 is 0 Å². The minimum atomic E-state index is -0.505. The molecule has 2 amide bonds. The lowest BCUT2D eigenvalue weighted by Gasteiger charge is -2.19. The number of benzene rings is 2. The van der Waals surface area contributed by atoms with E-state index in [1.807, 2.05) is 61.5 Å². The zero-order chi connectivity index (χ0) is 19.9. The molecule has 1 fully saturated rings. The van der Waals surface area contributed by atoms with Gasteiger partial charge in [-0.1, -0.05) is 55.5 Å². The Morgan fingerprint density at radius 3 is 2.57 bits per heavy atom. The van der Waals surface area contributed by atoms with Gasteiger partial charge in [-0.2, -0.15) is 0 Å². The van der Waals surface area contributed by atoms with Crippen LogP contribution in [0.1, 0.15) is 24.5 Å². The number of nitrogens with one attached hydrogen (secondary N) is 1. The van der Waals surface area contributed by atoms with Gasteiger partial charge < -0.3 is 15.0 Å². The van der Waals surface area contributed by atoms with Crippen molar-refractivity contribution in [3.8, 4) is 0 Å². The van der Waals surface area contributed by atoms with Gasteiger partial charge in [0.05, 0.1) is 5.92 Å². The molecule has 3 rings (SSSR count). The predicted octanol–water partition coefficient (Wildman–Crippen LogP) is 2.46. The Kier molecular flexibility index (Phi) is 6.42. The lowest BCUT2D eigenvalue weighted by atomic mass is 10.1. The highest BCUT2D eigenvalue weighted by molar-refractivity contribution is 6.01. The summed E-state index contributed by atoms with van der Waals surface area (Å²) in [6.45, 7) is 2.31. The maximum absolute atomic E-state index is 12.4. The van der Waals surface area contributed by atoms with E-state index in [-0.39, 0.29) is 31.4 Å². The third-order valence-corrected chi connectivity index (χ3v) is 4.81. The third-order valence-electron chi connectivity index (χ3n) is 4.81. The number of aryl methyl sites for hydroxylation is 1. The van der Waals surface area contributed by atoms with Crippen molar-refractivity contribution >= 4 is 23.5 Å². The van der Waals surface area contributed by atoms with Gasteiger partial charge in [0, 0.05) is 18.7 Å². The van der Waals surface area contributed by atoms with E-state index in [1.165, 1.54) is 0 Å². The van der Waals surface area contributed by atoms with Crippen molar-refractivity contribution in [1.29, 1.82) is 0 Å². The van der Waals surface area contributed by atoms with Crippen molar-refractivity contribution < 1.29 is 19.1 Å². The van der Waals surface area contributed by atoms with E-state index in [9.17, 15) is 14.4 Å². The molecule has 6 nitrogen and oxygen atoms in total. The van der Waals surface area contributed by atoms with Crippen molar-refractivity contribution in [1.82, 2.24) is 5.32 Å². The molecule has 0 radical (unpaired) electrons. The Bertz CT molecular complexity index is 851. The fraction of sp³-hybridized carbons (Fsp3) is 0.318. The van der Waals surface area contributed by atoms with Crippen molar-refractivity contribution in [2.45, 2.75) is 26.4 Å². The molecule has 0 spiro atoms. The minimum Gasteiger partial charge on any atom is -0.460 e. The molecular weight excluding hydrogens is 356 g/mol. The van der Waals surface area contributed by atoms with E-state index in [4.69, 9.17) is 4.74 Å². The number of rotatable bonds is 7. The topological polar surface area (TPSA) is 75.7 Å². The molecule has 0 aliphatic carbocycles. The fourth-order valence-electron chi connectivity index (χ4n) is 3.28. The summed E-state index contributed by atoms with van der Waals surface area (Å²) in [6, 6.07) is 17.0. The van der Waals surface area contributed by atoms with Crippen LogP contribution >= 0.6 is 0 Å². The standard InChI is InChI=1S/C22H24N2O4/c1-2-17-10-6-7-11-19(17)24-14-18(12-20(24)25)22(27)23-13-21(26)28-15-16-8-4-3-5-9-16/h3-11,18H,2,12-15H2,1H3,(H,23,27). The van der Waals surface area contributed by atoms with Crippen LogP contribution in [0.25, 0.3) is 0 Å². The number of hydrogen-bond donors (Lipinski definition) is 1. The van der Waals surface area contributed by atoms with Crippen LogP contribution in [0, 0.1) is 5.92 Å². The summed E-state index contributed by atoms with van der Waals surface area (Å²) in [5.41, 5.74) is 2.81. The molecular formula is C22H24N2O4. The largest absolute Gasteiger partial charge is 0.460 e. The van der Waals surface area contributed by atoms with Gasteiger partial charge in [-0.25, -0.2) is 0 Å². The summed E-state index contributed by atoms with van der Waals surface area (Å²) in [4.78, 5) is 38.3. The Morgan fingerprint density at radius 2 is 1.82 bits per heavy atom. The summed E-state index contributed by atoms with van der Waals surface area (Å²) >= 11 is 0. The zero-order valence-electron chi connectivity index (χ0n) is 15.9. The molecule has 2 aromatic rings. The minimum absolute atomic E-state index is 0.0762. The van der Waals surface area contributed by atoms with Gasteiger partial charge in [-0.3, -0.25) is 14.4 Å². The first-order valence-corrected chi connectivity index (χ1v) is 9.44. The molecule has 2 aromatic carbocycles. The van der Waals surface area contributed by atoms with Gasteiger partial charge in [-0.05, 0) is 23.6 Å². The smallest absolute Gasteiger partial charge is 0.325 e. The Balaban J connectivity index is 1.50. The van der Waals surface area contributed by atoms with Crippen LogP contribution in [-0.2, 0) is 32.1 Å². The van der Waals surface area contributed by atoms with Crippen LogP contribution in [0.3, 0.4) is 0 Å². The van der Waals surface area contributed by atoms with E-state index in [0.29, 0.717) is 6.54 Å². The first kappa shape index (κ1) is 19.6. The Hall–Kier alpha value is -3.15. The molecule has 1 saturated heterocycles. The molecule has 146 valence electrons. The van der Waals surface area contributed by atoms with Gasteiger partial charge in [-0.15, -0.1) is 0 Å². The van der Waals surface area contributed by atoms with Crippen LogP contribution in [0.2, 0.25) is 0 Å². The molecule has 0 saturated carbocycles. The van der Waals surface area contributed by atoms with Crippen molar-refractivity contribution in [2.75, 3.05) is 18.0 Å². The number of para-hydroxylation sites is 1. The van der Waals surface area contributed by atoms with Gasteiger partial charge in [0.2, 0.25) is 11.8 Å².